The van der Waals surface area contributed by atoms with Crippen molar-refractivity contribution in [2.24, 2.45) is 5.73 Å². The number of amides is 3. The highest BCUT2D eigenvalue weighted by Crippen LogP contribution is 2.09. The number of nitrogens with one attached hydrogen (secondary N) is 1. The Labute approximate surface area is 116 Å². The number of primary amides is 1. The number of benzene rings is 1. The van der Waals surface area contributed by atoms with E-state index in [1.807, 2.05) is 36.5 Å². The number of imide groups is 1. The lowest BCUT2D eigenvalue weighted by Crippen LogP contribution is -2.42. The molecular formula is C14H16N2O4. The van der Waals surface area contributed by atoms with Gasteiger partial charge in [0.15, 0.2) is 6.10 Å². The van der Waals surface area contributed by atoms with Crippen molar-refractivity contribution >= 4 is 24.0 Å². The first-order chi connectivity index (χ1) is 9.40. The van der Waals surface area contributed by atoms with E-state index in [1.54, 1.807) is 6.08 Å². The van der Waals surface area contributed by atoms with Crippen molar-refractivity contribution in [2.75, 3.05) is 0 Å². The fourth-order valence-electron chi connectivity index (χ4n) is 1.42. The Hall–Kier alpha value is -2.63. The van der Waals surface area contributed by atoms with E-state index in [2.05, 4.69) is 0 Å². The molecule has 6 heteroatoms. The van der Waals surface area contributed by atoms with Gasteiger partial charge in [0.2, 0.25) is 0 Å². The molecule has 0 aliphatic heterocycles. The maximum Gasteiger partial charge on any atom is 0.331 e. The van der Waals surface area contributed by atoms with Gasteiger partial charge in [-0.3, -0.25) is 10.1 Å². The quantitative estimate of drug-likeness (QED) is 0.636. The molecule has 1 aromatic rings. The molecule has 0 aliphatic rings. The predicted molar refractivity (Wildman–Crippen MR) is 73.5 cm³/mol. The smallest absolute Gasteiger partial charge is 0.331 e. The molecule has 0 aromatic heterocycles. The SMILES string of the molecule is Cc1ccccc1/C=C/C(=O)O[C@H](C)C(=O)NC(N)=O. The molecule has 0 fully saturated rings. The van der Waals surface area contributed by atoms with Crippen LogP contribution in [0.5, 0.6) is 0 Å². The second kappa shape index (κ2) is 7.08. The first kappa shape index (κ1) is 15.4. The molecule has 0 saturated carbocycles. The average Bonchev–Trinajstić information content (AvgIpc) is 2.37. The number of ether oxygens (including phenoxy) is 1. The first-order valence-corrected chi connectivity index (χ1v) is 5.94. The zero-order chi connectivity index (χ0) is 15.1. The highest BCUT2D eigenvalue weighted by atomic mass is 16.5. The summed E-state index contributed by atoms with van der Waals surface area (Å²) in [6, 6.07) is 6.51. The third-order valence-electron chi connectivity index (χ3n) is 2.50. The van der Waals surface area contributed by atoms with Crippen molar-refractivity contribution in [2.45, 2.75) is 20.0 Å². The van der Waals surface area contributed by atoms with Crippen molar-refractivity contribution in [3.8, 4) is 0 Å². The van der Waals surface area contributed by atoms with Gasteiger partial charge in [0.1, 0.15) is 0 Å². The van der Waals surface area contributed by atoms with Gasteiger partial charge in [0.05, 0.1) is 0 Å². The zero-order valence-electron chi connectivity index (χ0n) is 11.3. The van der Waals surface area contributed by atoms with Gasteiger partial charge in [0.25, 0.3) is 5.91 Å². The lowest BCUT2D eigenvalue weighted by Gasteiger charge is -2.10. The van der Waals surface area contributed by atoms with Crippen molar-refractivity contribution in [1.82, 2.24) is 5.32 Å². The Kier molecular flexibility index (Phi) is 5.46. The molecule has 6 nitrogen and oxygen atoms in total. The van der Waals surface area contributed by atoms with E-state index in [9.17, 15) is 14.4 Å². The fourth-order valence-corrected chi connectivity index (χ4v) is 1.42. The summed E-state index contributed by atoms with van der Waals surface area (Å²) in [6.07, 6.45) is 1.71. The molecule has 0 heterocycles. The Morgan fingerprint density at radius 3 is 2.55 bits per heavy atom. The summed E-state index contributed by atoms with van der Waals surface area (Å²) in [4.78, 5) is 33.3. The number of carbonyl (C=O) groups is 3. The van der Waals surface area contributed by atoms with E-state index in [1.165, 1.54) is 13.0 Å². The maximum absolute atomic E-state index is 11.5. The number of urea groups is 1. The molecular weight excluding hydrogens is 260 g/mol. The third kappa shape index (κ3) is 4.93. The number of rotatable bonds is 4. The van der Waals surface area contributed by atoms with Gasteiger partial charge in [-0.15, -0.1) is 0 Å². The largest absolute Gasteiger partial charge is 0.449 e. The van der Waals surface area contributed by atoms with E-state index in [0.717, 1.165) is 11.1 Å². The van der Waals surface area contributed by atoms with Crippen LogP contribution in [0.3, 0.4) is 0 Å². The van der Waals surface area contributed by atoms with Gasteiger partial charge < -0.3 is 10.5 Å². The minimum absolute atomic E-state index is 0.680. The molecule has 0 aliphatic carbocycles. The summed E-state index contributed by atoms with van der Waals surface area (Å²) in [6.45, 7) is 3.26. The van der Waals surface area contributed by atoms with Crippen LogP contribution in [0.15, 0.2) is 30.3 Å². The summed E-state index contributed by atoms with van der Waals surface area (Å²) in [5.74, 6) is -1.45. The number of esters is 1. The minimum atomic E-state index is -1.10. The fraction of sp³-hybridized carbons (Fsp3) is 0.214. The van der Waals surface area contributed by atoms with E-state index >= 15 is 0 Å². The number of nitrogens with two attached hydrogens (primary N) is 1. The van der Waals surface area contributed by atoms with Crippen molar-refractivity contribution < 1.29 is 19.1 Å². The number of carbonyl (C=O) groups excluding carboxylic acids is 3. The third-order valence-corrected chi connectivity index (χ3v) is 2.50. The van der Waals surface area contributed by atoms with Crippen LogP contribution in [0.1, 0.15) is 18.1 Å². The van der Waals surface area contributed by atoms with Gasteiger partial charge in [-0.25, -0.2) is 9.59 Å². The molecule has 0 radical (unpaired) electrons. The Balaban J connectivity index is 2.58. The molecule has 3 amide bonds. The van der Waals surface area contributed by atoms with Gasteiger partial charge in [0, 0.05) is 6.08 Å². The molecule has 1 rings (SSSR count). The van der Waals surface area contributed by atoms with Crippen LogP contribution in [0.2, 0.25) is 0 Å². The first-order valence-electron chi connectivity index (χ1n) is 5.94. The maximum atomic E-state index is 11.5. The Morgan fingerprint density at radius 1 is 1.30 bits per heavy atom. The van der Waals surface area contributed by atoms with E-state index in [4.69, 9.17) is 10.5 Å². The summed E-state index contributed by atoms with van der Waals surface area (Å²) < 4.78 is 4.83. The van der Waals surface area contributed by atoms with Gasteiger partial charge >= 0.3 is 12.0 Å². The Bertz CT molecular complexity index is 552. The molecule has 20 heavy (non-hydrogen) atoms. The van der Waals surface area contributed by atoms with E-state index < -0.39 is 24.0 Å². The molecule has 106 valence electrons. The van der Waals surface area contributed by atoms with E-state index in [0.29, 0.717) is 0 Å². The van der Waals surface area contributed by atoms with Gasteiger partial charge in [-0.1, -0.05) is 24.3 Å². The molecule has 1 aromatic carbocycles. The standard InChI is InChI=1S/C14H16N2O4/c1-9-5-3-4-6-11(9)7-8-12(17)20-10(2)13(18)16-14(15)19/h3-8,10H,1-2H3,(H3,15,16,18,19)/b8-7+/t10-/m1/s1. The van der Waals surface area contributed by atoms with Crippen LogP contribution in [0.25, 0.3) is 6.08 Å². The van der Waals surface area contributed by atoms with Crippen molar-refractivity contribution in [1.29, 1.82) is 0 Å². The normalized spacial score (nSPS) is 11.9. The highest BCUT2D eigenvalue weighted by Gasteiger charge is 2.17. The lowest BCUT2D eigenvalue weighted by molar-refractivity contribution is -0.149. The summed E-state index contributed by atoms with van der Waals surface area (Å²) >= 11 is 0. The molecule has 0 saturated heterocycles. The lowest BCUT2D eigenvalue weighted by atomic mass is 10.1. The molecule has 3 N–H and O–H groups in total. The van der Waals surface area contributed by atoms with Crippen molar-refractivity contribution in [3.63, 3.8) is 0 Å². The Morgan fingerprint density at radius 2 is 1.95 bits per heavy atom. The summed E-state index contributed by atoms with van der Waals surface area (Å²) in [5.41, 5.74) is 6.67. The average molecular weight is 276 g/mol. The second-order valence-electron chi connectivity index (χ2n) is 4.12. The summed E-state index contributed by atoms with van der Waals surface area (Å²) in [7, 11) is 0. The van der Waals surface area contributed by atoms with Crippen LogP contribution in [-0.2, 0) is 14.3 Å². The van der Waals surface area contributed by atoms with Gasteiger partial charge in [-0.05, 0) is 31.1 Å². The van der Waals surface area contributed by atoms with Crippen LogP contribution < -0.4 is 11.1 Å². The number of hydrogen-bond donors (Lipinski definition) is 2. The van der Waals surface area contributed by atoms with Crippen LogP contribution in [0.4, 0.5) is 4.79 Å². The predicted octanol–water partition coefficient (Wildman–Crippen LogP) is 1.13. The topological polar surface area (TPSA) is 98.5 Å². The highest BCUT2D eigenvalue weighted by molar-refractivity contribution is 5.97. The molecule has 0 bridgehead atoms. The van der Waals surface area contributed by atoms with Crippen LogP contribution in [-0.4, -0.2) is 24.0 Å². The van der Waals surface area contributed by atoms with E-state index in [-0.39, 0.29) is 0 Å². The number of hydrogen-bond acceptors (Lipinski definition) is 4. The molecule has 0 spiro atoms. The number of aryl methyl sites for hydroxylation is 1. The monoisotopic (exact) mass is 276 g/mol. The second-order valence-corrected chi connectivity index (χ2v) is 4.12. The summed E-state index contributed by atoms with van der Waals surface area (Å²) in [5, 5.41) is 1.83. The molecule has 1 atom stereocenters. The zero-order valence-corrected chi connectivity index (χ0v) is 11.3. The van der Waals surface area contributed by atoms with Crippen LogP contribution >= 0.6 is 0 Å². The molecule has 0 unspecified atom stereocenters. The van der Waals surface area contributed by atoms with Crippen molar-refractivity contribution in [3.05, 3.63) is 41.5 Å². The van der Waals surface area contributed by atoms with Crippen LogP contribution in [0, 0.1) is 6.92 Å². The minimum Gasteiger partial charge on any atom is -0.449 e. The van der Waals surface area contributed by atoms with Gasteiger partial charge in [-0.2, -0.15) is 0 Å².